The number of amides is 2. The number of unbranched alkanes of at least 4 members (excludes halogenated alkanes) is 6. The third-order valence-corrected chi connectivity index (χ3v) is 19.7. The molecule has 0 atom stereocenters. The van der Waals surface area contributed by atoms with Crippen molar-refractivity contribution in [3.05, 3.63) is 0 Å². The van der Waals surface area contributed by atoms with Gasteiger partial charge in [-0.2, -0.15) is 0 Å². The van der Waals surface area contributed by atoms with E-state index in [0.717, 1.165) is 126 Å². The Kier molecular flexibility index (Phi) is 39.8. The van der Waals surface area contributed by atoms with Crippen LogP contribution in [-0.2, 0) is 65.7 Å². The molecule has 0 aromatic heterocycles. The Morgan fingerprint density at radius 3 is 1.32 bits per heavy atom. The lowest BCUT2D eigenvalue weighted by Crippen LogP contribution is -2.53. The van der Waals surface area contributed by atoms with Crippen molar-refractivity contribution >= 4 is 50.0 Å². The van der Waals surface area contributed by atoms with Crippen molar-refractivity contribution in [2.45, 2.75) is 121 Å². The standard InChI is InChI=1S/C24H50N2O9SSi.C21H46N2O9SSi/c1-31-37(32-2,33-3)23-11-5-9-19-34-20-12-14-25-24(27)35-21-13-18-26(15-6-4-7-16-26)17-8-10-22-36(28,29)30;1-23(2,14-7-9-19-33(25,26)27)15-12-18-32-21(24)22-13-11-17-31-16-8-6-10-20-34(28-3,29-4)30-5/h4-23H2,1-3H3,(H-,25,27,28,29,30);6-20H2,1-5H3,(H-,22,24,25,26,27). The summed E-state index contributed by atoms with van der Waals surface area (Å²) in [5.41, 5.74) is 0. The molecule has 22 nitrogen and oxygen atoms in total. The van der Waals surface area contributed by atoms with Crippen LogP contribution in [0, 0.1) is 0 Å². The van der Waals surface area contributed by atoms with E-state index in [-0.39, 0.29) is 11.5 Å². The minimum absolute atomic E-state index is 0.290. The number of piperidine rings is 1. The van der Waals surface area contributed by atoms with Crippen LogP contribution in [0.5, 0.6) is 0 Å². The summed E-state index contributed by atoms with van der Waals surface area (Å²) in [5, 5.41) is 5.48. The first-order valence-electron chi connectivity index (χ1n) is 25.5. The predicted octanol–water partition coefficient (Wildman–Crippen LogP) is 4.84. The van der Waals surface area contributed by atoms with Gasteiger partial charge in [0.05, 0.1) is 86.8 Å². The molecule has 424 valence electrons. The Bertz CT molecular complexity index is 1540. The van der Waals surface area contributed by atoms with Gasteiger partial charge in [-0.25, -0.2) is 26.4 Å². The highest BCUT2D eigenvalue weighted by atomic mass is 32.2. The third kappa shape index (κ3) is 38.6. The number of carbonyl (C=O) groups is 2. The average molecular weight is 1100 g/mol. The highest BCUT2D eigenvalue weighted by molar-refractivity contribution is 7.85. The molecule has 1 rings (SSSR count). The molecule has 1 heterocycles. The molecule has 0 radical (unpaired) electrons. The molecule has 26 heteroatoms. The van der Waals surface area contributed by atoms with Gasteiger partial charge in [0, 0.05) is 119 Å². The molecule has 0 saturated carbocycles. The van der Waals surface area contributed by atoms with Crippen LogP contribution in [-0.4, -0.2) is 225 Å². The quantitative estimate of drug-likeness (QED) is 0.0358. The Labute approximate surface area is 430 Å². The second-order valence-electron chi connectivity index (χ2n) is 18.6. The number of nitrogens with zero attached hydrogens (tertiary/aromatic N) is 2. The molecule has 71 heavy (non-hydrogen) atoms. The highest BCUT2D eigenvalue weighted by Crippen LogP contribution is 2.22. The van der Waals surface area contributed by atoms with Gasteiger partial charge in [0.2, 0.25) is 0 Å². The van der Waals surface area contributed by atoms with Crippen molar-refractivity contribution < 1.29 is 90.0 Å². The lowest BCUT2D eigenvalue weighted by atomic mass is 10.1. The zero-order chi connectivity index (χ0) is 53.4. The number of carbonyl (C=O) groups excluding carboxylic acids is 2. The number of hydrogen-bond acceptors (Lipinski definition) is 18. The molecule has 1 saturated heterocycles. The number of hydrogen-bond donors (Lipinski definition) is 2. The van der Waals surface area contributed by atoms with Gasteiger partial charge in [0.15, 0.2) is 0 Å². The fraction of sp³-hybridized carbons (Fsp3) is 0.956. The van der Waals surface area contributed by atoms with E-state index in [2.05, 4.69) is 10.6 Å². The van der Waals surface area contributed by atoms with E-state index in [1.807, 2.05) is 14.1 Å². The lowest BCUT2D eigenvalue weighted by molar-refractivity contribution is -0.932. The monoisotopic (exact) mass is 1100 g/mol. The maximum absolute atomic E-state index is 11.9. The first kappa shape index (κ1) is 69.4. The van der Waals surface area contributed by atoms with Gasteiger partial charge in [-0.3, -0.25) is 0 Å². The van der Waals surface area contributed by atoms with Gasteiger partial charge in [-0.05, 0) is 83.5 Å². The van der Waals surface area contributed by atoms with E-state index in [9.17, 15) is 35.5 Å². The molecule has 1 aliphatic rings. The zero-order valence-electron chi connectivity index (χ0n) is 44.8. The summed E-state index contributed by atoms with van der Waals surface area (Å²) >= 11 is 0. The summed E-state index contributed by atoms with van der Waals surface area (Å²) in [6.45, 7) is 9.63. The van der Waals surface area contributed by atoms with Crippen LogP contribution in [0.3, 0.4) is 0 Å². The topological polar surface area (TPSA) is 265 Å². The summed E-state index contributed by atoms with van der Waals surface area (Å²) in [6.07, 6.45) is 13.6. The summed E-state index contributed by atoms with van der Waals surface area (Å²) < 4.78 is 120. The van der Waals surface area contributed by atoms with E-state index in [1.165, 1.54) is 6.42 Å². The van der Waals surface area contributed by atoms with Crippen LogP contribution in [0.15, 0.2) is 0 Å². The number of alkyl carbamates (subject to hydrolysis) is 2. The highest BCUT2D eigenvalue weighted by Gasteiger charge is 2.37. The Hall–Kier alpha value is -1.61. The molecule has 0 aromatic rings. The van der Waals surface area contributed by atoms with Crippen molar-refractivity contribution in [1.82, 2.24) is 10.6 Å². The van der Waals surface area contributed by atoms with Crippen molar-refractivity contribution in [3.8, 4) is 0 Å². The van der Waals surface area contributed by atoms with E-state index >= 15 is 0 Å². The third-order valence-electron chi connectivity index (χ3n) is 12.5. The molecule has 2 amide bonds. The first-order valence-corrected chi connectivity index (χ1v) is 32.5. The fourth-order valence-electron chi connectivity index (χ4n) is 8.21. The SMILES string of the molecule is CO[Si](CCCCCOCCCNC(=O)OCCC[N+](C)(C)CCCCS(=O)(=O)[O-])(OC)OC.CO[Si](CCCCCOCCCNC(=O)OCCC[N+]1(CCCCS(=O)(=O)[O-])CCCCC1)(OC)OC. The number of nitrogens with one attached hydrogen (secondary N) is 2. The largest absolute Gasteiger partial charge is 0.748 e. The van der Waals surface area contributed by atoms with Crippen molar-refractivity contribution in [2.75, 3.05) is 160 Å². The molecule has 0 spiro atoms. The Balaban J connectivity index is 0.00000139. The van der Waals surface area contributed by atoms with Gasteiger partial charge in [-0.1, -0.05) is 12.8 Å². The van der Waals surface area contributed by atoms with E-state index in [4.69, 9.17) is 45.5 Å². The van der Waals surface area contributed by atoms with E-state index < -0.39 is 50.0 Å². The van der Waals surface area contributed by atoms with Crippen LogP contribution < -0.4 is 10.6 Å². The average Bonchev–Trinajstić information content (AvgIpc) is 3.33. The Morgan fingerprint density at radius 2 is 0.887 bits per heavy atom. The summed E-state index contributed by atoms with van der Waals surface area (Å²) in [4.78, 5) is 23.7. The summed E-state index contributed by atoms with van der Waals surface area (Å²) in [5.74, 6) is -0.608. The molecular formula is C45H96N4O18S2Si2. The van der Waals surface area contributed by atoms with Gasteiger partial charge in [-0.15, -0.1) is 0 Å². The predicted molar refractivity (Wildman–Crippen MR) is 273 cm³/mol. The van der Waals surface area contributed by atoms with Gasteiger partial charge < -0.3 is 74.2 Å². The second kappa shape index (κ2) is 40.7. The number of ether oxygens (including phenoxy) is 4. The maximum Gasteiger partial charge on any atom is 0.500 e. The molecule has 0 unspecified atom stereocenters. The van der Waals surface area contributed by atoms with E-state index in [1.54, 1.807) is 42.7 Å². The molecule has 0 bridgehead atoms. The first-order chi connectivity index (χ1) is 33.7. The number of likely N-dealkylation sites (tertiary alicyclic amines) is 1. The van der Waals surface area contributed by atoms with Crippen LogP contribution in [0.4, 0.5) is 9.59 Å². The molecule has 1 fully saturated rings. The zero-order valence-corrected chi connectivity index (χ0v) is 48.4. The minimum Gasteiger partial charge on any atom is -0.748 e. The van der Waals surface area contributed by atoms with Crippen molar-refractivity contribution in [1.29, 1.82) is 0 Å². The maximum atomic E-state index is 11.9. The molecular weight excluding hydrogens is 1000 g/mol. The summed E-state index contributed by atoms with van der Waals surface area (Å²) in [6, 6.07) is 1.57. The van der Waals surface area contributed by atoms with Crippen LogP contribution in [0.1, 0.15) is 109 Å². The van der Waals surface area contributed by atoms with Crippen LogP contribution in [0.25, 0.3) is 0 Å². The van der Waals surface area contributed by atoms with Crippen molar-refractivity contribution in [2.24, 2.45) is 0 Å². The van der Waals surface area contributed by atoms with Crippen molar-refractivity contribution in [3.63, 3.8) is 0 Å². The van der Waals surface area contributed by atoms with Crippen LogP contribution in [0.2, 0.25) is 12.1 Å². The minimum atomic E-state index is -4.14. The number of quaternary nitrogens is 2. The molecule has 0 aliphatic carbocycles. The van der Waals surface area contributed by atoms with Gasteiger partial charge in [0.25, 0.3) is 0 Å². The van der Waals surface area contributed by atoms with Crippen LogP contribution >= 0.6 is 0 Å². The van der Waals surface area contributed by atoms with Gasteiger partial charge in [0.1, 0.15) is 0 Å². The summed E-state index contributed by atoms with van der Waals surface area (Å²) in [7, 11) is 0.559. The number of rotatable bonds is 44. The smallest absolute Gasteiger partial charge is 0.500 e. The second-order valence-corrected chi connectivity index (χ2v) is 27.8. The fourth-order valence-corrected chi connectivity index (χ4v) is 12.9. The molecule has 1 aliphatic heterocycles. The molecule has 2 N–H and O–H groups in total. The molecule has 0 aromatic carbocycles. The normalized spacial score (nSPS) is 14.4. The van der Waals surface area contributed by atoms with Gasteiger partial charge >= 0.3 is 29.8 Å². The van der Waals surface area contributed by atoms with E-state index in [0.29, 0.717) is 89.3 Å². The Morgan fingerprint density at radius 1 is 0.493 bits per heavy atom. The lowest BCUT2D eigenvalue weighted by Gasteiger charge is -2.42.